The second kappa shape index (κ2) is 15.3. The molecule has 2 aliphatic heterocycles. The molecular weight excluding hydrogens is 596 g/mol. The van der Waals surface area contributed by atoms with Gasteiger partial charge in [-0.2, -0.15) is 5.10 Å². The lowest BCUT2D eigenvalue weighted by atomic mass is 9.87. The molecule has 11 heteroatoms. The number of primary amides is 1. The predicted molar refractivity (Wildman–Crippen MR) is 180 cm³/mol. The van der Waals surface area contributed by atoms with E-state index in [1.165, 1.54) is 0 Å². The van der Waals surface area contributed by atoms with E-state index in [1.807, 2.05) is 88.4 Å². The maximum Gasteiger partial charge on any atom is 0.254 e. The summed E-state index contributed by atoms with van der Waals surface area (Å²) in [6.07, 6.45) is 2.54. The van der Waals surface area contributed by atoms with E-state index in [1.54, 1.807) is 0 Å². The Balaban J connectivity index is 1.19. The molecule has 1 fully saturated rings. The molecule has 1 atom stereocenters. The summed E-state index contributed by atoms with van der Waals surface area (Å²) in [6.45, 7) is 3.78. The van der Waals surface area contributed by atoms with Crippen molar-refractivity contribution in [3.05, 3.63) is 84.4 Å². The number of carbonyl (C=O) groups is 2. The first kappa shape index (κ1) is 32.2. The van der Waals surface area contributed by atoms with Gasteiger partial charge in [0.15, 0.2) is 0 Å². The first-order valence-corrected chi connectivity index (χ1v) is 16.3. The fraction of sp³-hybridized carbons (Fsp3) is 0.361. The first-order valence-electron chi connectivity index (χ1n) is 16.3. The second-order valence-corrected chi connectivity index (χ2v) is 11.8. The van der Waals surface area contributed by atoms with Crippen LogP contribution in [0.25, 0.3) is 22.4 Å². The van der Waals surface area contributed by atoms with Gasteiger partial charge in [-0.3, -0.25) is 9.59 Å². The first-order chi connectivity index (χ1) is 23.0. The number of amides is 2. The van der Waals surface area contributed by atoms with Gasteiger partial charge in [0.2, 0.25) is 5.91 Å². The van der Waals surface area contributed by atoms with Crippen LogP contribution in [0.4, 0.5) is 5.82 Å². The van der Waals surface area contributed by atoms with Crippen LogP contribution in [0.15, 0.2) is 78.9 Å². The molecule has 0 saturated carbocycles. The number of nitrogens with two attached hydrogens (primary N) is 2. The predicted octanol–water partition coefficient (Wildman–Crippen LogP) is 4.70. The third-order valence-corrected chi connectivity index (χ3v) is 8.83. The third kappa shape index (κ3) is 7.48. The van der Waals surface area contributed by atoms with Gasteiger partial charge in [0.25, 0.3) is 5.91 Å². The number of rotatable bonds is 13. The van der Waals surface area contributed by atoms with Crippen LogP contribution in [0.1, 0.15) is 35.7 Å². The highest BCUT2D eigenvalue weighted by Gasteiger charge is 2.36. The Morgan fingerprint density at radius 2 is 1.51 bits per heavy atom. The minimum absolute atomic E-state index is 0.0121. The Morgan fingerprint density at radius 1 is 0.830 bits per heavy atom. The number of likely N-dealkylation sites (tertiary alicyclic amines) is 1. The van der Waals surface area contributed by atoms with Crippen molar-refractivity contribution >= 4 is 17.6 Å². The van der Waals surface area contributed by atoms with Gasteiger partial charge in [-0.15, -0.1) is 0 Å². The van der Waals surface area contributed by atoms with Crippen LogP contribution in [-0.2, 0) is 14.3 Å². The summed E-state index contributed by atoms with van der Waals surface area (Å²) in [5.74, 6) is 1.92. The van der Waals surface area contributed by atoms with Crippen LogP contribution < -0.4 is 21.5 Å². The Kier molecular flexibility index (Phi) is 10.5. The molecule has 246 valence electrons. The number of nitrogens with one attached hydrogen (secondary N) is 1. The standard InChI is InChI=1S/C36H42N6O5/c37-17-21-45-22-23-46-24-32(43)41-19-15-26(16-20-41)31-14-18-39-36-33(35(38)44)34(40-42(31)36)30-9-5-4-8-29(30)25-10-12-28(13-11-25)47-27-6-2-1-3-7-27/h1-13,26,31,39H,14-24,37H2,(H2,38,44)/t31-/m0/s1. The third-order valence-electron chi connectivity index (χ3n) is 8.83. The number of benzene rings is 3. The minimum atomic E-state index is -0.523. The molecule has 0 spiro atoms. The van der Waals surface area contributed by atoms with Crippen LogP contribution in [0.5, 0.6) is 11.5 Å². The monoisotopic (exact) mass is 638 g/mol. The smallest absolute Gasteiger partial charge is 0.254 e. The zero-order chi connectivity index (χ0) is 32.6. The molecule has 3 aromatic carbocycles. The van der Waals surface area contributed by atoms with Crippen molar-refractivity contribution in [2.75, 3.05) is 57.9 Å². The number of aromatic nitrogens is 2. The lowest BCUT2D eigenvalue weighted by Crippen LogP contribution is -2.43. The summed E-state index contributed by atoms with van der Waals surface area (Å²) in [6, 6.07) is 25.6. The second-order valence-electron chi connectivity index (χ2n) is 11.8. The molecule has 3 heterocycles. The molecule has 0 bridgehead atoms. The SMILES string of the molecule is NCCOCCOCC(=O)N1CCC([C@@H]2CCNc3c(C(N)=O)c(-c4ccccc4-c4ccc(Oc5ccccc5)cc4)nn32)CC1. The van der Waals surface area contributed by atoms with Crippen LogP contribution in [0, 0.1) is 5.92 Å². The highest BCUT2D eigenvalue weighted by molar-refractivity contribution is 6.05. The van der Waals surface area contributed by atoms with Gasteiger partial charge in [-0.1, -0.05) is 54.6 Å². The van der Waals surface area contributed by atoms with Crippen LogP contribution >= 0.6 is 0 Å². The van der Waals surface area contributed by atoms with E-state index < -0.39 is 5.91 Å². The van der Waals surface area contributed by atoms with Crippen molar-refractivity contribution in [2.24, 2.45) is 17.4 Å². The molecule has 4 aromatic rings. The van der Waals surface area contributed by atoms with Crippen molar-refractivity contribution in [3.8, 4) is 33.9 Å². The maximum absolute atomic E-state index is 13.0. The molecule has 0 unspecified atom stereocenters. The average molecular weight is 639 g/mol. The zero-order valence-electron chi connectivity index (χ0n) is 26.5. The lowest BCUT2D eigenvalue weighted by molar-refractivity contribution is -0.138. The van der Waals surface area contributed by atoms with Crippen molar-refractivity contribution in [2.45, 2.75) is 25.3 Å². The highest BCUT2D eigenvalue weighted by atomic mass is 16.5. The summed E-state index contributed by atoms with van der Waals surface area (Å²) >= 11 is 0. The van der Waals surface area contributed by atoms with E-state index in [4.69, 9.17) is 30.8 Å². The molecule has 0 radical (unpaired) electrons. The van der Waals surface area contributed by atoms with Gasteiger partial charge in [0, 0.05) is 31.7 Å². The number of anilines is 1. The molecule has 1 aromatic heterocycles. The average Bonchev–Trinajstić information content (AvgIpc) is 3.51. The fourth-order valence-corrected chi connectivity index (χ4v) is 6.52. The molecule has 6 rings (SSSR count). The van der Waals surface area contributed by atoms with Gasteiger partial charge in [0.05, 0.1) is 25.9 Å². The normalized spacial score (nSPS) is 16.4. The van der Waals surface area contributed by atoms with Gasteiger partial charge >= 0.3 is 0 Å². The number of hydrogen-bond donors (Lipinski definition) is 3. The number of hydrogen-bond acceptors (Lipinski definition) is 8. The number of nitrogens with zero attached hydrogens (tertiary/aromatic N) is 3. The van der Waals surface area contributed by atoms with E-state index in [2.05, 4.69) is 5.32 Å². The topological polar surface area (TPSA) is 147 Å². The van der Waals surface area contributed by atoms with Crippen molar-refractivity contribution in [3.63, 3.8) is 0 Å². The van der Waals surface area contributed by atoms with E-state index in [0.717, 1.165) is 47.5 Å². The Morgan fingerprint density at radius 3 is 2.23 bits per heavy atom. The van der Waals surface area contributed by atoms with Crippen molar-refractivity contribution < 1.29 is 23.8 Å². The van der Waals surface area contributed by atoms with Gasteiger partial charge in [-0.05, 0) is 60.6 Å². The van der Waals surface area contributed by atoms with Crippen LogP contribution in [0.3, 0.4) is 0 Å². The summed E-state index contributed by atoms with van der Waals surface area (Å²) in [5, 5.41) is 8.51. The summed E-state index contributed by atoms with van der Waals surface area (Å²) in [7, 11) is 0. The number of ether oxygens (including phenoxy) is 3. The molecule has 11 nitrogen and oxygen atoms in total. The largest absolute Gasteiger partial charge is 0.457 e. The summed E-state index contributed by atoms with van der Waals surface area (Å²) < 4.78 is 18.8. The highest BCUT2D eigenvalue weighted by Crippen LogP contribution is 2.42. The quantitative estimate of drug-likeness (QED) is 0.179. The van der Waals surface area contributed by atoms with Gasteiger partial charge < -0.3 is 35.9 Å². The Hall–Kier alpha value is -4.71. The molecule has 2 aliphatic rings. The summed E-state index contributed by atoms with van der Waals surface area (Å²) in [4.78, 5) is 27.6. The molecule has 47 heavy (non-hydrogen) atoms. The van der Waals surface area contributed by atoms with Gasteiger partial charge in [-0.25, -0.2) is 4.68 Å². The number of fused-ring (bicyclic) bond motifs is 1. The van der Waals surface area contributed by atoms with Crippen molar-refractivity contribution in [1.82, 2.24) is 14.7 Å². The maximum atomic E-state index is 13.0. The van der Waals surface area contributed by atoms with E-state index >= 15 is 0 Å². The zero-order valence-corrected chi connectivity index (χ0v) is 26.5. The van der Waals surface area contributed by atoms with E-state index in [0.29, 0.717) is 69.0 Å². The number of para-hydroxylation sites is 1. The van der Waals surface area contributed by atoms with Crippen molar-refractivity contribution in [1.29, 1.82) is 0 Å². The van der Waals surface area contributed by atoms with Crippen LogP contribution in [-0.4, -0.2) is 79.1 Å². The Bertz CT molecular complexity index is 1650. The van der Waals surface area contributed by atoms with Gasteiger partial charge in [0.1, 0.15) is 35.2 Å². The molecule has 2 amide bonds. The minimum Gasteiger partial charge on any atom is -0.457 e. The molecule has 5 N–H and O–H groups in total. The van der Waals surface area contributed by atoms with E-state index in [-0.39, 0.29) is 18.6 Å². The van der Waals surface area contributed by atoms with E-state index in [9.17, 15) is 9.59 Å². The number of carbonyl (C=O) groups excluding carboxylic acids is 2. The molecule has 1 saturated heterocycles. The molecule has 0 aliphatic carbocycles. The summed E-state index contributed by atoms with van der Waals surface area (Å²) in [5.41, 5.74) is 15.1. The fourth-order valence-electron chi connectivity index (χ4n) is 6.52. The Labute approximate surface area is 274 Å². The lowest BCUT2D eigenvalue weighted by Gasteiger charge is -2.38. The van der Waals surface area contributed by atoms with Crippen LogP contribution in [0.2, 0.25) is 0 Å². The molecular formula is C36H42N6O5. The number of piperidine rings is 1.